The van der Waals surface area contributed by atoms with Crippen LogP contribution >= 0.6 is 0 Å². The molecule has 0 aromatic rings. The first-order valence-corrected chi connectivity index (χ1v) is 13.0. The van der Waals surface area contributed by atoms with Gasteiger partial charge in [0.15, 0.2) is 11.4 Å². The molecule has 4 rings (SSSR count). The average Bonchev–Trinajstić information content (AvgIpc) is 3.20. The summed E-state index contributed by atoms with van der Waals surface area (Å²) in [6.07, 6.45) is 3.53. The van der Waals surface area contributed by atoms with E-state index in [1.807, 2.05) is 13.8 Å². The number of rotatable bonds is 5. The van der Waals surface area contributed by atoms with E-state index in [1.54, 1.807) is 39.8 Å². The Labute approximate surface area is 222 Å². The van der Waals surface area contributed by atoms with E-state index < -0.39 is 75.7 Å². The average molecular weight is 531 g/mol. The normalized spacial score (nSPS) is 40.3. The minimum atomic E-state index is -1.99. The van der Waals surface area contributed by atoms with Gasteiger partial charge in [0.2, 0.25) is 0 Å². The highest BCUT2D eigenvalue weighted by Gasteiger charge is 2.87. The molecule has 2 saturated carbocycles. The van der Waals surface area contributed by atoms with Crippen molar-refractivity contribution in [3.05, 3.63) is 34.9 Å². The van der Waals surface area contributed by atoms with Crippen molar-refractivity contribution in [2.45, 2.75) is 84.7 Å². The first-order valence-electron chi connectivity index (χ1n) is 13.0. The van der Waals surface area contributed by atoms with E-state index in [2.05, 4.69) is 0 Å². The molecule has 0 saturated heterocycles. The van der Waals surface area contributed by atoms with Crippen molar-refractivity contribution in [3.63, 3.8) is 0 Å². The number of carbonyl (C=O) groups is 4. The van der Waals surface area contributed by atoms with E-state index in [4.69, 9.17) is 14.2 Å². The highest BCUT2D eigenvalue weighted by Crippen LogP contribution is 2.77. The molecule has 4 aliphatic carbocycles. The van der Waals surface area contributed by atoms with Crippen molar-refractivity contribution in [1.29, 1.82) is 0 Å². The van der Waals surface area contributed by atoms with Gasteiger partial charge in [0.25, 0.3) is 0 Å². The van der Waals surface area contributed by atoms with Gasteiger partial charge in [-0.1, -0.05) is 38.5 Å². The summed E-state index contributed by atoms with van der Waals surface area (Å²) in [7, 11) is 0. The summed E-state index contributed by atoms with van der Waals surface area (Å²) in [5.41, 5.74) is -4.16. The van der Waals surface area contributed by atoms with E-state index in [-0.39, 0.29) is 13.0 Å². The van der Waals surface area contributed by atoms with Crippen LogP contribution < -0.4 is 0 Å². The molecule has 4 aliphatic rings. The summed E-state index contributed by atoms with van der Waals surface area (Å²) in [5.74, 6) is -5.33. The van der Waals surface area contributed by atoms with Crippen molar-refractivity contribution in [3.8, 4) is 0 Å². The fraction of sp³-hybridized carbons (Fsp3) is 0.655. The third-order valence-electron chi connectivity index (χ3n) is 9.17. The van der Waals surface area contributed by atoms with Crippen LogP contribution in [0, 0.1) is 29.1 Å². The molecule has 0 spiro atoms. The van der Waals surface area contributed by atoms with E-state index in [1.165, 1.54) is 19.9 Å². The van der Waals surface area contributed by atoms with Crippen LogP contribution in [0.2, 0.25) is 0 Å². The summed E-state index contributed by atoms with van der Waals surface area (Å²) in [5, 5.41) is 24.5. The third-order valence-corrected chi connectivity index (χ3v) is 9.17. The van der Waals surface area contributed by atoms with Gasteiger partial charge in [0.05, 0.1) is 5.60 Å². The Morgan fingerprint density at radius 2 is 1.71 bits per heavy atom. The zero-order valence-corrected chi connectivity index (χ0v) is 23.3. The summed E-state index contributed by atoms with van der Waals surface area (Å²) in [4.78, 5) is 50.2. The molecule has 0 aliphatic heterocycles. The second-order valence-corrected chi connectivity index (χ2v) is 12.2. The van der Waals surface area contributed by atoms with Gasteiger partial charge in [-0.15, -0.1) is 0 Å². The molecule has 0 unspecified atom stereocenters. The number of aliphatic hydroxyl groups is 2. The van der Waals surface area contributed by atoms with Crippen molar-refractivity contribution in [2.75, 3.05) is 6.61 Å². The van der Waals surface area contributed by atoms with Crippen LogP contribution in [0.15, 0.2) is 34.9 Å². The summed E-state index contributed by atoms with van der Waals surface area (Å²) in [6, 6.07) is 0. The molecule has 0 amide bonds. The molecule has 38 heavy (non-hydrogen) atoms. The summed E-state index contributed by atoms with van der Waals surface area (Å²) >= 11 is 0. The maximum atomic E-state index is 13.3. The molecule has 2 fully saturated rings. The van der Waals surface area contributed by atoms with E-state index in [9.17, 15) is 29.4 Å². The lowest BCUT2D eigenvalue weighted by atomic mass is 9.59. The van der Waals surface area contributed by atoms with Gasteiger partial charge in [-0.25, -0.2) is 4.79 Å². The summed E-state index contributed by atoms with van der Waals surface area (Å²) < 4.78 is 17.2. The number of hydrogen-bond acceptors (Lipinski definition) is 9. The predicted molar refractivity (Wildman–Crippen MR) is 135 cm³/mol. The number of Topliss-reactive ketones (excluding diaryl/α,β-unsaturated/α-hetero) is 1. The Hall–Kier alpha value is -2.78. The second-order valence-electron chi connectivity index (χ2n) is 12.2. The van der Waals surface area contributed by atoms with Crippen LogP contribution in [-0.4, -0.2) is 63.4 Å². The van der Waals surface area contributed by atoms with Gasteiger partial charge in [-0.3, -0.25) is 14.4 Å². The predicted octanol–water partition coefficient (Wildman–Crippen LogP) is 2.59. The maximum Gasteiger partial charge on any atom is 0.330 e. The lowest BCUT2D eigenvalue weighted by Crippen LogP contribution is -2.66. The molecule has 9 heteroatoms. The Kier molecular flexibility index (Phi) is 6.60. The molecular formula is C29H38O9. The molecular weight excluding hydrogens is 492 g/mol. The Balaban J connectivity index is 1.90. The largest absolute Gasteiger partial charge is 0.458 e. The summed E-state index contributed by atoms with van der Waals surface area (Å²) in [6.45, 7) is 12.9. The highest BCUT2D eigenvalue weighted by atomic mass is 16.6. The Morgan fingerprint density at radius 1 is 1.08 bits per heavy atom. The molecule has 0 radical (unpaired) electrons. The van der Waals surface area contributed by atoms with Gasteiger partial charge in [0.1, 0.15) is 18.3 Å². The first kappa shape index (κ1) is 28.2. The number of ether oxygens (including phenoxy) is 3. The van der Waals surface area contributed by atoms with Crippen molar-refractivity contribution in [1.82, 2.24) is 0 Å². The van der Waals surface area contributed by atoms with Gasteiger partial charge >= 0.3 is 17.9 Å². The van der Waals surface area contributed by atoms with E-state index >= 15 is 0 Å². The second kappa shape index (κ2) is 8.88. The first-order chi connectivity index (χ1) is 17.4. The zero-order valence-electron chi connectivity index (χ0n) is 23.3. The molecule has 208 valence electrons. The van der Waals surface area contributed by atoms with Crippen molar-refractivity contribution in [2.24, 2.45) is 29.1 Å². The molecule has 0 aromatic carbocycles. The minimum Gasteiger partial charge on any atom is -0.458 e. The van der Waals surface area contributed by atoms with Crippen molar-refractivity contribution < 1.29 is 43.6 Å². The molecule has 0 aromatic heterocycles. The number of ketones is 1. The Morgan fingerprint density at radius 3 is 2.26 bits per heavy atom. The standard InChI is InChI=1S/C29H38O9/c1-14(2)9-22(32)36-13-19-11-20-23-26(7,8)29(23,38-18(6)31)25(37-17(5)30)16(4)28(20,35)21-10-15(3)24(33)27(21,34)12-19/h9-11,16,20-21,23,25,34-35H,12-13H2,1-8H3/t16-,20+,21-,23-,25-,27-,28-,29-/m1/s1. The molecule has 8 atom stereocenters. The highest BCUT2D eigenvalue weighted by molar-refractivity contribution is 6.04. The number of hydrogen-bond donors (Lipinski definition) is 2. The minimum absolute atomic E-state index is 0.149. The molecule has 2 N–H and O–H groups in total. The van der Waals surface area contributed by atoms with Crippen LogP contribution in [0.4, 0.5) is 0 Å². The monoisotopic (exact) mass is 530 g/mol. The van der Waals surface area contributed by atoms with Gasteiger partial charge < -0.3 is 24.4 Å². The van der Waals surface area contributed by atoms with Crippen LogP contribution in [-0.2, 0) is 33.4 Å². The van der Waals surface area contributed by atoms with Gasteiger partial charge in [-0.2, -0.15) is 0 Å². The van der Waals surface area contributed by atoms with E-state index in [0.29, 0.717) is 11.1 Å². The smallest absolute Gasteiger partial charge is 0.330 e. The van der Waals surface area contributed by atoms with Gasteiger partial charge in [-0.05, 0) is 31.9 Å². The number of esters is 3. The maximum absolute atomic E-state index is 13.3. The van der Waals surface area contributed by atoms with E-state index in [0.717, 1.165) is 5.57 Å². The molecule has 9 nitrogen and oxygen atoms in total. The van der Waals surface area contributed by atoms with Crippen LogP contribution in [0.3, 0.4) is 0 Å². The van der Waals surface area contributed by atoms with Crippen LogP contribution in [0.25, 0.3) is 0 Å². The quantitative estimate of drug-likeness (QED) is 0.238. The fourth-order valence-corrected chi connectivity index (χ4v) is 7.67. The van der Waals surface area contributed by atoms with Gasteiger partial charge in [0, 0.05) is 55.4 Å². The Bertz CT molecular complexity index is 1190. The molecule has 0 heterocycles. The lowest BCUT2D eigenvalue weighted by molar-refractivity contribution is -0.227. The lowest BCUT2D eigenvalue weighted by Gasteiger charge is -2.53. The number of allylic oxidation sites excluding steroid dienone is 1. The van der Waals surface area contributed by atoms with Crippen LogP contribution in [0.1, 0.15) is 61.8 Å². The topological polar surface area (TPSA) is 136 Å². The molecule has 0 bridgehead atoms. The number of fused-ring (bicyclic) bond motifs is 5. The fourth-order valence-electron chi connectivity index (χ4n) is 7.67. The zero-order chi connectivity index (χ0) is 28.6. The number of carbonyl (C=O) groups excluding carboxylic acids is 4. The SMILES string of the molecule is CC(=O)O[C@@H]1[C@@H](C)[C@@]2(O)[C@@H](C=C(COC(=O)C=C(C)C)C[C@]3(O)C(=O)C(C)=C[C@@H]23)[C@@H]2C(C)(C)[C@]12OC(C)=O. The third kappa shape index (κ3) is 3.80. The van der Waals surface area contributed by atoms with Crippen molar-refractivity contribution >= 4 is 23.7 Å². The van der Waals surface area contributed by atoms with Crippen LogP contribution in [0.5, 0.6) is 0 Å².